The number of nitrogens with one attached hydrogen (secondary N) is 3. The van der Waals surface area contributed by atoms with Gasteiger partial charge in [-0.2, -0.15) is 0 Å². The first-order valence-electron chi connectivity index (χ1n) is 12.5. The minimum Gasteiger partial charge on any atom is -0.492 e. The lowest BCUT2D eigenvalue weighted by molar-refractivity contribution is -0.384. The van der Waals surface area contributed by atoms with Crippen LogP contribution >= 0.6 is 0 Å². The summed E-state index contributed by atoms with van der Waals surface area (Å²) in [5, 5.41) is 26.1. The van der Waals surface area contributed by atoms with Gasteiger partial charge in [0.05, 0.1) is 22.9 Å². The molecule has 0 amide bonds. The highest BCUT2D eigenvalue weighted by molar-refractivity contribution is 5.88. The van der Waals surface area contributed by atoms with Gasteiger partial charge in [-0.05, 0) is 47.0 Å². The zero-order chi connectivity index (χ0) is 27.8. The average molecular weight is 521 g/mol. The third kappa shape index (κ3) is 7.16. The molecule has 3 aromatic rings. The summed E-state index contributed by atoms with van der Waals surface area (Å²) in [5.41, 5.74) is 3.96. The molecule has 3 rings (SSSR count). The molecule has 1 aromatic heterocycles. The number of nitro benzene ring substituents is 1. The molecule has 0 aliphatic rings. The largest absolute Gasteiger partial charge is 0.492 e. The SMILES string of the molecule is CCOc1cc(N(C)CCN(C)C)c([N+](=O)[O-])cc1Nc1nccc(-c2ccc(C=N)c(NC(C)C)c2)n1. The summed E-state index contributed by atoms with van der Waals surface area (Å²) >= 11 is 0. The van der Waals surface area contributed by atoms with Crippen molar-refractivity contribution in [2.45, 2.75) is 26.8 Å². The standard InChI is InChI=1S/C27H36N8O3/c1-7-38-26-16-24(34(6)13-12-33(4)5)25(35(36)37)15-23(26)32-27-29-11-10-21(31-27)19-8-9-20(17-28)22(14-19)30-18(2)3/h8-11,14-18,28,30H,7,12-13H2,1-6H3,(H,29,31,32). The van der Waals surface area contributed by atoms with E-state index in [1.807, 2.05) is 69.9 Å². The first-order chi connectivity index (χ1) is 18.1. The van der Waals surface area contributed by atoms with Crippen LogP contribution in [0.15, 0.2) is 42.6 Å². The third-order valence-electron chi connectivity index (χ3n) is 5.72. The van der Waals surface area contributed by atoms with Crippen molar-refractivity contribution in [2.24, 2.45) is 0 Å². The molecular weight excluding hydrogens is 484 g/mol. The van der Waals surface area contributed by atoms with E-state index in [9.17, 15) is 10.1 Å². The fraction of sp³-hybridized carbons (Fsp3) is 0.370. The van der Waals surface area contributed by atoms with E-state index in [0.717, 1.165) is 23.4 Å². The second-order valence-corrected chi connectivity index (χ2v) is 9.39. The van der Waals surface area contributed by atoms with E-state index in [1.165, 1.54) is 12.3 Å². The van der Waals surface area contributed by atoms with Gasteiger partial charge in [-0.15, -0.1) is 0 Å². The third-order valence-corrected chi connectivity index (χ3v) is 5.72. The van der Waals surface area contributed by atoms with Gasteiger partial charge in [-0.1, -0.05) is 12.1 Å². The number of benzene rings is 2. The summed E-state index contributed by atoms with van der Waals surface area (Å²) in [5.74, 6) is 0.749. The van der Waals surface area contributed by atoms with Crippen LogP contribution in [0.3, 0.4) is 0 Å². The average Bonchev–Trinajstić information content (AvgIpc) is 2.87. The van der Waals surface area contributed by atoms with Crippen molar-refractivity contribution in [2.75, 3.05) is 56.4 Å². The Hall–Kier alpha value is -4.25. The normalized spacial score (nSPS) is 10.9. The molecule has 0 bridgehead atoms. The number of rotatable bonds is 13. The fourth-order valence-corrected chi connectivity index (χ4v) is 3.83. The van der Waals surface area contributed by atoms with Crippen LogP contribution < -0.4 is 20.3 Å². The molecule has 0 spiro atoms. The Morgan fingerprint density at radius 2 is 1.89 bits per heavy atom. The summed E-state index contributed by atoms with van der Waals surface area (Å²) in [6.45, 7) is 7.67. The Kier molecular flexibility index (Phi) is 9.55. The molecular formula is C27H36N8O3. The minimum atomic E-state index is -0.395. The van der Waals surface area contributed by atoms with E-state index in [1.54, 1.807) is 18.3 Å². The van der Waals surface area contributed by atoms with Crippen molar-refractivity contribution in [3.8, 4) is 17.0 Å². The zero-order valence-corrected chi connectivity index (χ0v) is 22.8. The summed E-state index contributed by atoms with van der Waals surface area (Å²) < 4.78 is 5.85. The van der Waals surface area contributed by atoms with E-state index in [0.29, 0.717) is 36.0 Å². The van der Waals surface area contributed by atoms with E-state index < -0.39 is 4.92 Å². The van der Waals surface area contributed by atoms with Gasteiger partial charge in [-0.3, -0.25) is 10.1 Å². The molecule has 1 heterocycles. The van der Waals surface area contributed by atoms with Crippen LogP contribution in [0.4, 0.5) is 28.7 Å². The van der Waals surface area contributed by atoms with Crippen LogP contribution in [0.25, 0.3) is 11.3 Å². The van der Waals surface area contributed by atoms with Crippen molar-refractivity contribution in [1.82, 2.24) is 14.9 Å². The maximum Gasteiger partial charge on any atom is 0.294 e. The van der Waals surface area contributed by atoms with Gasteiger partial charge in [-0.25, -0.2) is 9.97 Å². The molecule has 0 saturated heterocycles. The number of aromatic nitrogens is 2. The number of nitrogens with zero attached hydrogens (tertiary/aromatic N) is 5. The van der Waals surface area contributed by atoms with Crippen LogP contribution in [0.1, 0.15) is 26.3 Å². The molecule has 0 saturated carbocycles. The predicted octanol–water partition coefficient (Wildman–Crippen LogP) is 5.01. The Labute approximate surface area is 223 Å². The van der Waals surface area contributed by atoms with E-state index in [-0.39, 0.29) is 17.7 Å². The maximum absolute atomic E-state index is 12.0. The van der Waals surface area contributed by atoms with E-state index in [4.69, 9.17) is 10.1 Å². The number of ether oxygens (including phenoxy) is 1. The van der Waals surface area contributed by atoms with Crippen molar-refractivity contribution in [3.63, 3.8) is 0 Å². The van der Waals surface area contributed by atoms with Crippen LogP contribution in [-0.2, 0) is 0 Å². The lowest BCUT2D eigenvalue weighted by Crippen LogP contribution is -2.29. The Morgan fingerprint density at radius 3 is 2.53 bits per heavy atom. The molecule has 11 heteroatoms. The van der Waals surface area contributed by atoms with Gasteiger partial charge < -0.3 is 30.6 Å². The molecule has 2 aromatic carbocycles. The molecule has 0 unspecified atom stereocenters. The van der Waals surface area contributed by atoms with Crippen molar-refractivity contribution >= 4 is 34.9 Å². The second-order valence-electron chi connectivity index (χ2n) is 9.39. The highest BCUT2D eigenvalue weighted by Crippen LogP contribution is 2.39. The predicted molar refractivity (Wildman–Crippen MR) is 153 cm³/mol. The van der Waals surface area contributed by atoms with Gasteiger partial charge in [0.25, 0.3) is 5.69 Å². The van der Waals surface area contributed by atoms with Crippen LogP contribution in [0.2, 0.25) is 0 Å². The monoisotopic (exact) mass is 520 g/mol. The highest BCUT2D eigenvalue weighted by atomic mass is 16.6. The molecule has 0 aliphatic heterocycles. The second kappa shape index (κ2) is 12.8. The first kappa shape index (κ1) is 28.3. The Balaban J connectivity index is 1.98. The van der Waals surface area contributed by atoms with Gasteiger partial charge in [0.15, 0.2) is 0 Å². The lowest BCUT2D eigenvalue weighted by atomic mass is 10.1. The summed E-state index contributed by atoms with van der Waals surface area (Å²) in [4.78, 5) is 24.4. The van der Waals surface area contributed by atoms with E-state index in [2.05, 4.69) is 20.6 Å². The highest BCUT2D eigenvalue weighted by Gasteiger charge is 2.22. The molecule has 11 nitrogen and oxygen atoms in total. The first-order valence-corrected chi connectivity index (χ1v) is 12.5. The van der Waals surface area contributed by atoms with E-state index >= 15 is 0 Å². The Morgan fingerprint density at radius 1 is 1.13 bits per heavy atom. The van der Waals surface area contributed by atoms with Crippen molar-refractivity contribution < 1.29 is 9.66 Å². The molecule has 3 N–H and O–H groups in total. The number of likely N-dealkylation sites (N-methyl/N-ethyl adjacent to an activating group) is 2. The van der Waals surface area contributed by atoms with Gasteiger partial charge in [0, 0.05) is 67.5 Å². The number of anilines is 4. The molecule has 0 aliphatic carbocycles. The summed E-state index contributed by atoms with van der Waals surface area (Å²) in [7, 11) is 5.74. The fourth-order valence-electron chi connectivity index (χ4n) is 3.83. The van der Waals surface area contributed by atoms with Crippen molar-refractivity contribution in [3.05, 3.63) is 58.3 Å². The van der Waals surface area contributed by atoms with Crippen LogP contribution in [0.5, 0.6) is 5.75 Å². The molecule has 0 atom stereocenters. The molecule has 38 heavy (non-hydrogen) atoms. The molecule has 202 valence electrons. The smallest absolute Gasteiger partial charge is 0.294 e. The summed E-state index contributed by atoms with van der Waals surface area (Å²) in [6, 6.07) is 10.8. The number of hydrogen-bond donors (Lipinski definition) is 3. The lowest BCUT2D eigenvalue weighted by Gasteiger charge is -2.23. The number of hydrogen-bond acceptors (Lipinski definition) is 10. The topological polar surface area (TPSA) is 133 Å². The maximum atomic E-state index is 12.0. The Bertz CT molecular complexity index is 1280. The van der Waals surface area contributed by atoms with Gasteiger partial charge in [0.2, 0.25) is 5.95 Å². The number of nitro groups is 1. The van der Waals surface area contributed by atoms with Crippen molar-refractivity contribution in [1.29, 1.82) is 5.41 Å². The van der Waals surface area contributed by atoms with Crippen LogP contribution in [0, 0.1) is 15.5 Å². The molecule has 0 radical (unpaired) electrons. The van der Waals surface area contributed by atoms with Gasteiger partial charge in [0.1, 0.15) is 11.4 Å². The summed E-state index contributed by atoms with van der Waals surface area (Å²) in [6.07, 6.45) is 2.94. The van der Waals surface area contributed by atoms with Gasteiger partial charge >= 0.3 is 0 Å². The zero-order valence-electron chi connectivity index (χ0n) is 22.8. The van der Waals surface area contributed by atoms with Crippen LogP contribution in [-0.4, -0.2) is 72.9 Å². The minimum absolute atomic E-state index is 0.0417. The quantitative estimate of drug-likeness (QED) is 0.162. The molecule has 0 fully saturated rings.